The quantitative estimate of drug-likeness (QED) is 0.859. The molecular weight excluding hydrogens is 358 g/mol. The van der Waals surface area contributed by atoms with Gasteiger partial charge in [-0.25, -0.2) is 4.98 Å². The Morgan fingerprint density at radius 1 is 1.40 bits per heavy atom. The number of hydrogen-bond donors (Lipinski definition) is 1. The first-order chi connectivity index (χ1) is 11.7. The van der Waals surface area contributed by atoms with Gasteiger partial charge in [0.25, 0.3) is 5.91 Å². The van der Waals surface area contributed by atoms with Gasteiger partial charge in [-0.05, 0) is 43.5 Å². The second-order valence-electron chi connectivity index (χ2n) is 6.06. The van der Waals surface area contributed by atoms with E-state index in [1.807, 2.05) is 34.5 Å². The van der Waals surface area contributed by atoms with Crippen LogP contribution in [0.5, 0.6) is 5.75 Å². The van der Waals surface area contributed by atoms with E-state index in [0.717, 1.165) is 42.1 Å². The predicted octanol–water partition coefficient (Wildman–Crippen LogP) is 3.58. The van der Waals surface area contributed by atoms with Gasteiger partial charge in [0.1, 0.15) is 16.5 Å². The fraction of sp³-hybridized carbons (Fsp3) is 0.444. The maximum atomic E-state index is 12.6. The number of nitrogens with two attached hydrogens (primary N) is 1. The van der Waals surface area contributed by atoms with Crippen molar-refractivity contribution in [3.05, 3.63) is 35.3 Å². The van der Waals surface area contributed by atoms with E-state index in [1.165, 1.54) is 11.3 Å². The van der Waals surface area contributed by atoms with E-state index >= 15 is 0 Å². The molecule has 3 rings (SSSR count). The smallest absolute Gasteiger partial charge is 0.273 e. The van der Waals surface area contributed by atoms with Crippen LogP contribution < -0.4 is 10.5 Å². The third-order valence-corrected chi connectivity index (χ3v) is 4.93. The lowest BCUT2D eigenvalue weighted by Gasteiger charge is -2.30. The van der Waals surface area contributed by atoms with E-state index in [4.69, 9.17) is 10.5 Å². The number of carbonyl (C=O) groups is 1. The molecule has 2 N–H and O–H groups in total. The zero-order chi connectivity index (χ0) is 16.9. The summed E-state index contributed by atoms with van der Waals surface area (Å²) in [6.45, 7) is 4.18. The summed E-state index contributed by atoms with van der Waals surface area (Å²) in [4.78, 5) is 18.9. The van der Waals surface area contributed by atoms with Crippen molar-refractivity contribution >= 4 is 29.7 Å². The number of benzene rings is 1. The molecule has 1 aliphatic rings. The van der Waals surface area contributed by atoms with Gasteiger partial charge >= 0.3 is 0 Å². The van der Waals surface area contributed by atoms with E-state index in [-0.39, 0.29) is 24.4 Å². The Balaban J connectivity index is 0.00000225. The highest BCUT2D eigenvalue weighted by atomic mass is 35.5. The molecule has 0 spiro atoms. The zero-order valence-corrected chi connectivity index (χ0v) is 15.9. The van der Waals surface area contributed by atoms with Crippen molar-refractivity contribution in [1.29, 1.82) is 0 Å². The molecule has 0 saturated carbocycles. The van der Waals surface area contributed by atoms with Crippen LogP contribution in [0.1, 0.15) is 36.7 Å². The Morgan fingerprint density at radius 2 is 2.16 bits per heavy atom. The summed E-state index contributed by atoms with van der Waals surface area (Å²) in [6, 6.07) is 7.93. The normalized spacial score (nSPS) is 17.0. The van der Waals surface area contributed by atoms with Crippen LogP contribution in [-0.2, 0) is 0 Å². The highest BCUT2D eigenvalue weighted by Crippen LogP contribution is 2.26. The summed E-state index contributed by atoms with van der Waals surface area (Å²) in [5.41, 5.74) is 7.47. The molecule has 1 fully saturated rings. The lowest BCUT2D eigenvalue weighted by molar-refractivity contribution is 0.0704. The number of aromatic nitrogens is 1. The van der Waals surface area contributed by atoms with Gasteiger partial charge in [0.2, 0.25) is 0 Å². The molecule has 1 amide bonds. The van der Waals surface area contributed by atoms with Crippen LogP contribution in [0.4, 0.5) is 0 Å². The van der Waals surface area contributed by atoms with Crippen molar-refractivity contribution in [3.63, 3.8) is 0 Å². The predicted molar refractivity (Wildman–Crippen MR) is 104 cm³/mol. The molecule has 1 aliphatic heterocycles. The van der Waals surface area contributed by atoms with Gasteiger partial charge in [-0.2, -0.15) is 0 Å². The number of piperidine rings is 1. The van der Waals surface area contributed by atoms with Crippen LogP contribution in [-0.4, -0.2) is 41.5 Å². The number of nitrogens with zero attached hydrogens (tertiary/aromatic N) is 2. The minimum Gasteiger partial charge on any atom is -0.494 e. The second kappa shape index (κ2) is 9.17. The molecule has 1 aromatic heterocycles. The molecule has 0 bridgehead atoms. The van der Waals surface area contributed by atoms with Crippen molar-refractivity contribution in [2.45, 2.75) is 32.2 Å². The number of carbonyl (C=O) groups excluding carboxylic acids is 1. The number of halogens is 1. The third kappa shape index (κ3) is 4.93. The van der Waals surface area contributed by atoms with Gasteiger partial charge in [0, 0.05) is 30.1 Å². The molecule has 1 atom stereocenters. The fourth-order valence-corrected chi connectivity index (χ4v) is 3.57. The van der Waals surface area contributed by atoms with Gasteiger partial charge < -0.3 is 15.4 Å². The Morgan fingerprint density at radius 3 is 2.84 bits per heavy atom. The average Bonchev–Trinajstić information content (AvgIpc) is 3.10. The van der Waals surface area contributed by atoms with Crippen molar-refractivity contribution in [3.8, 4) is 16.3 Å². The number of likely N-dealkylation sites (tertiary alicyclic amines) is 1. The Labute approximate surface area is 158 Å². The Bertz CT molecular complexity index is 690. The molecule has 5 nitrogen and oxygen atoms in total. The van der Waals surface area contributed by atoms with Crippen molar-refractivity contribution < 1.29 is 9.53 Å². The average molecular weight is 382 g/mol. The van der Waals surface area contributed by atoms with Crippen molar-refractivity contribution in [2.75, 3.05) is 19.7 Å². The van der Waals surface area contributed by atoms with Crippen LogP contribution >= 0.6 is 23.7 Å². The summed E-state index contributed by atoms with van der Waals surface area (Å²) < 4.78 is 5.59. The number of rotatable bonds is 5. The molecule has 0 radical (unpaired) electrons. The SMILES string of the molecule is CCCOc1ccc(-c2nc(C(=O)N3CCCC(N)C3)cs2)cc1.Cl. The molecule has 25 heavy (non-hydrogen) atoms. The molecule has 0 aliphatic carbocycles. The minimum absolute atomic E-state index is 0. The maximum Gasteiger partial charge on any atom is 0.273 e. The Hall–Kier alpha value is -1.63. The fourth-order valence-electron chi connectivity index (χ4n) is 2.77. The maximum absolute atomic E-state index is 12.6. The highest BCUT2D eigenvalue weighted by Gasteiger charge is 2.24. The largest absolute Gasteiger partial charge is 0.494 e. The second-order valence-corrected chi connectivity index (χ2v) is 6.92. The summed E-state index contributed by atoms with van der Waals surface area (Å²) in [5, 5.41) is 2.68. The summed E-state index contributed by atoms with van der Waals surface area (Å²) in [6.07, 6.45) is 2.93. The third-order valence-electron chi connectivity index (χ3n) is 4.04. The van der Waals surface area contributed by atoms with E-state index in [1.54, 1.807) is 0 Å². The van der Waals surface area contributed by atoms with Gasteiger partial charge in [-0.15, -0.1) is 23.7 Å². The van der Waals surface area contributed by atoms with Gasteiger partial charge in [0.05, 0.1) is 6.61 Å². The monoisotopic (exact) mass is 381 g/mol. The van der Waals surface area contributed by atoms with Crippen LogP contribution in [0.3, 0.4) is 0 Å². The lowest BCUT2D eigenvalue weighted by Crippen LogP contribution is -2.45. The highest BCUT2D eigenvalue weighted by molar-refractivity contribution is 7.13. The molecule has 136 valence electrons. The van der Waals surface area contributed by atoms with E-state index < -0.39 is 0 Å². The van der Waals surface area contributed by atoms with E-state index in [9.17, 15) is 4.79 Å². The van der Waals surface area contributed by atoms with Crippen LogP contribution in [0.15, 0.2) is 29.6 Å². The molecule has 2 aromatic rings. The number of thiazole rings is 1. The zero-order valence-electron chi connectivity index (χ0n) is 14.3. The molecule has 1 unspecified atom stereocenters. The van der Waals surface area contributed by atoms with Gasteiger partial charge in [-0.1, -0.05) is 6.92 Å². The van der Waals surface area contributed by atoms with Crippen LogP contribution in [0, 0.1) is 0 Å². The van der Waals surface area contributed by atoms with E-state index in [0.29, 0.717) is 18.8 Å². The molecule has 1 aromatic carbocycles. The number of amides is 1. The number of ether oxygens (including phenoxy) is 1. The van der Waals surface area contributed by atoms with Gasteiger partial charge in [-0.3, -0.25) is 4.79 Å². The molecule has 1 saturated heterocycles. The first-order valence-electron chi connectivity index (χ1n) is 8.41. The summed E-state index contributed by atoms with van der Waals surface area (Å²) in [7, 11) is 0. The number of hydrogen-bond acceptors (Lipinski definition) is 5. The topological polar surface area (TPSA) is 68.5 Å². The van der Waals surface area contributed by atoms with Gasteiger partial charge in [0.15, 0.2) is 0 Å². The molecule has 7 heteroatoms. The lowest BCUT2D eigenvalue weighted by atomic mass is 10.1. The minimum atomic E-state index is -0.0180. The van der Waals surface area contributed by atoms with E-state index in [2.05, 4.69) is 11.9 Å². The standard InChI is InChI=1S/C18H23N3O2S.ClH/c1-2-10-23-15-7-5-13(6-8-15)17-20-16(12-24-17)18(22)21-9-3-4-14(19)11-21;/h5-8,12,14H,2-4,9-11,19H2,1H3;1H. The first-order valence-corrected chi connectivity index (χ1v) is 9.29. The summed E-state index contributed by atoms with van der Waals surface area (Å²) >= 11 is 1.49. The molecule has 2 heterocycles. The van der Waals surface area contributed by atoms with Crippen LogP contribution in [0.25, 0.3) is 10.6 Å². The van der Waals surface area contributed by atoms with Crippen LogP contribution in [0.2, 0.25) is 0 Å². The summed E-state index contributed by atoms with van der Waals surface area (Å²) in [5.74, 6) is 0.839. The molecular formula is C18H24ClN3O2S. The first kappa shape index (κ1) is 19.7. The van der Waals surface area contributed by atoms with Crippen molar-refractivity contribution in [2.24, 2.45) is 5.73 Å². The Kier molecular flexibility index (Phi) is 7.23. The van der Waals surface area contributed by atoms with Crippen molar-refractivity contribution in [1.82, 2.24) is 9.88 Å².